The summed E-state index contributed by atoms with van der Waals surface area (Å²) in [6, 6.07) is 8.32. The summed E-state index contributed by atoms with van der Waals surface area (Å²) in [5.74, 6) is -12.3. The summed E-state index contributed by atoms with van der Waals surface area (Å²) in [7, 11) is -5.38. The Labute approximate surface area is 273 Å². The lowest BCUT2D eigenvalue weighted by molar-refractivity contribution is 0.463. The molecule has 0 saturated carbocycles. The molecule has 0 aliphatic carbocycles. The quantitative estimate of drug-likeness (QED) is 0.267. The normalized spacial score (nSPS) is 33.0. The zero-order valence-electron chi connectivity index (χ0n) is 21.1. The molecule has 10 nitrogen and oxygen atoms in total. The molecule has 0 N–H and O–H groups in total. The number of hydrogen-bond acceptors (Lipinski definition) is 10. The molecule has 2 atom stereocenters. The van der Waals surface area contributed by atoms with Crippen LogP contribution in [0.1, 0.15) is 25.0 Å². The lowest BCUT2D eigenvalue weighted by Crippen LogP contribution is -2.19. The fraction of sp³-hybridized carbons (Fsp3) is 0.625. The minimum absolute atomic E-state index is 0.567. The molecule has 4 heterocycles. The highest BCUT2D eigenvalue weighted by Crippen LogP contribution is 2.88. The average molecular weight is 828 g/mol. The molecule has 1 aromatic carbocycles. The molecule has 1 aromatic rings. The van der Waals surface area contributed by atoms with Gasteiger partial charge in [-0.15, -0.1) is 0 Å². The van der Waals surface area contributed by atoms with Crippen LogP contribution < -0.4 is 0 Å². The first-order chi connectivity index (χ1) is 18.5. The van der Waals surface area contributed by atoms with Crippen LogP contribution >= 0.6 is 129 Å². The van der Waals surface area contributed by atoms with Crippen molar-refractivity contribution in [1.29, 1.82) is 0 Å². The Morgan fingerprint density at radius 1 is 0.550 bits per heavy atom. The van der Waals surface area contributed by atoms with E-state index in [0.29, 0.717) is 26.2 Å². The Morgan fingerprint density at radius 2 is 0.900 bits per heavy atom. The summed E-state index contributed by atoms with van der Waals surface area (Å²) in [5.41, 5.74) is 2.15. The number of halogens is 8. The maximum absolute atomic E-state index is 6.52. The molecule has 4 aliphatic heterocycles. The van der Waals surface area contributed by atoms with Crippen molar-refractivity contribution in [2.75, 3.05) is 39.3 Å². The van der Waals surface area contributed by atoms with Gasteiger partial charge in [0.2, 0.25) is 15.0 Å². The smallest absolute Gasteiger partial charge is 0.239 e. The lowest BCUT2D eigenvalue weighted by atomic mass is 10.1. The fourth-order valence-electron chi connectivity index (χ4n) is 5.04. The highest BCUT2D eigenvalue weighted by molar-refractivity contribution is 8.21. The number of nitrogens with zero attached hydrogens (tertiary/aromatic N) is 10. The minimum Gasteiger partial charge on any atom is -0.239 e. The first-order valence-corrected chi connectivity index (χ1v) is 29.2. The third-order valence-corrected chi connectivity index (χ3v) is 31.7. The van der Waals surface area contributed by atoms with Gasteiger partial charge in [-0.05, 0) is 101 Å². The second-order valence-electron chi connectivity index (χ2n) is 9.12. The van der Waals surface area contributed by atoms with Gasteiger partial charge in [-0.3, -0.25) is 0 Å². The van der Waals surface area contributed by atoms with E-state index >= 15 is 0 Å². The Hall–Kier alpha value is 2.76. The number of benzene rings is 1. The molecule has 2 fully saturated rings. The van der Waals surface area contributed by atoms with E-state index in [1.165, 1.54) is 0 Å². The van der Waals surface area contributed by atoms with Crippen molar-refractivity contribution in [1.82, 2.24) is 18.7 Å². The van der Waals surface area contributed by atoms with Crippen molar-refractivity contribution in [2.24, 2.45) is 27.1 Å². The van der Waals surface area contributed by atoms with Gasteiger partial charge in [0, 0.05) is 52.4 Å². The highest BCUT2D eigenvalue weighted by Gasteiger charge is 2.47. The third-order valence-electron chi connectivity index (χ3n) is 6.54. The van der Waals surface area contributed by atoms with Crippen LogP contribution in [0.2, 0.25) is 0 Å². The molecule has 24 heteroatoms. The standard InChI is InChI=1S/C16H26Cl8N10P6/c1-3-31-8-10-33(39(31)27-35(17,18)25-36(19,20)28-39)13-15-6-5-7-16(12-15)14-34-11-9-32(4-2)40(34)29-37(21,22)26-38(23,24)30-40/h5-7,12H,3-4,8-11,13-14H2,1-2H3. The number of likely N-dealkylation sites (N-methyl/N-ethyl adjacent to an activating group) is 2. The second kappa shape index (κ2) is 12.4. The van der Waals surface area contributed by atoms with E-state index in [0.717, 1.165) is 37.3 Å². The second-order valence-corrected chi connectivity index (χ2v) is 34.9. The van der Waals surface area contributed by atoms with Crippen molar-refractivity contribution in [3.05, 3.63) is 35.4 Å². The van der Waals surface area contributed by atoms with E-state index in [-0.39, 0.29) is 0 Å². The van der Waals surface area contributed by atoms with Crippen molar-refractivity contribution in [3.8, 4) is 0 Å². The van der Waals surface area contributed by atoms with Crippen molar-refractivity contribution in [3.63, 3.8) is 0 Å². The third kappa shape index (κ3) is 7.18. The summed E-state index contributed by atoms with van der Waals surface area (Å²) >= 11 is 52.2. The van der Waals surface area contributed by atoms with E-state index in [4.69, 9.17) is 108 Å². The highest BCUT2D eigenvalue weighted by atomic mass is 35.9. The van der Waals surface area contributed by atoms with Crippen LogP contribution in [0.4, 0.5) is 0 Å². The molecule has 2 saturated heterocycles. The first kappa shape index (κ1) is 34.1. The Balaban J connectivity index is 1.47. The summed E-state index contributed by atoms with van der Waals surface area (Å²) in [6.45, 7) is 9.61. The minimum atomic E-state index is -3.07. The predicted octanol–water partition coefficient (Wildman–Crippen LogP) is 13.6. The Bertz CT molecular complexity index is 1420. The fourth-order valence-corrected chi connectivity index (χ4v) is 37.8. The van der Waals surface area contributed by atoms with Crippen molar-refractivity contribution < 1.29 is 0 Å². The lowest BCUT2D eigenvalue weighted by Gasteiger charge is -2.35. The summed E-state index contributed by atoms with van der Waals surface area (Å²) in [6.07, 6.45) is 0. The monoisotopic (exact) mass is 824 g/mol. The van der Waals surface area contributed by atoms with Gasteiger partial charge >= 0.3 is 0 Å². The van der Waals surface area contributed by atoms with E-state index in [1.807, 2.05) is 19.9 Å². The van der Waals surface area contributed by atoms with Gasteiger partial charge in [0.15, 0.2) is 0 Å². The zero-order valence-corrected chi connectivity index (χ0v) is 32.6. The van der Waals surface area contributed by atoms with Crippen molar-refractivity contribution in [2.45, 2.75) is 26.9 Å². The Kier molecular flexibility index (Phi) is 10.6. The number of rotatable bonds is 6. The van der Waals surface area contributed by atoms with E-state index in [2.05, 4.69) is 45.9 Å². The first-order valence-electron chi connectivity index (χ1n) is 12.0. The van der Waals surface area contributed by atoms with Crippen LogP contribution in [-0.2, 0) is 13.1 Å². The maximum Gasteiger partial charge on any atom is 0.257 e. The van der Waals surface area contributed by atoms with Gasteiger partial charge in [-0.1, -0.05) is 38.1 Å². The zero-order chi connectivity index (χ0) is 29.2. The largest absolute Gasteiger partial charge is 0.257 e. The molecule has 0 unspecified atom stereocenters. The van der Waals surface area contributed by atoms with Crippen LogP contribution in [0, 0.1) is 0 Å². The van der Waals surface area contributed by atoms with Crippen LogP contribution in [-0.4, -0.2) is 58.0 Å². The van der Waals surface area contributed by atoms with Crippen LogP contribution in [0.5, 0.6) is 0 Å². The van der Waals surface area contributed by atoms with Crippen LogP contribution in [0.15, 0.2) is 51.4 Å². The molecule has 40 heavy (non-hydrogen) atoms. The van der Waals surface area contributed by atoms with E-state index in [1.54, 1.807) is 0 Å². The molecular weight excluding hydrogens is 802 g/mol. The van der Waals surface area contributed by atoms with Gasteiger partial charge in [0.25, 0.3) is 23.6 Å². The van der Waals surface area contributed by atoms with E-state index in [9.17, 15) is 0 Å². The maximum atomic E-state index is 6.52. The molecule has 0 bridgehead atoms. The van der Waals surface area contributed by atoms with Gasteiger partial charge in [-0.25, -0.2) is 18.7 Å². The van der Waals surface area contributed by atoms with E-state index < -0.39 is 38.7 Å². The molecular formula is C16H26Cl8N10P6. The predicted molar refractivity (Wildman–Crippen MR) is 185 cm³/mol. The van der Waals surface area contributed by atoms with Gasteiger partial charge < -0.3 is 0 Å². The van der Waals surface area contributed by atoms with Gasteiger partial charge in [-0.2, -0.15) is 27.1 Å². The molecule has 0 radical (unpaired) electrons. The van der Waals surface area contributed by atoms with Crippen molar-refractivity contribution >= 4 is 129 Å². The Morgan fingerprint density at radius 3 is 1.25 bits per heavy atom. The number of hydrogen-bond donors (Lipinski definition) is 0. The molecule has 2 spiro atoms. The van der Waals surface area contributed by atoms with Crippen LogP contribution in [0.25, 0.3) is 0 Å². The summed E-state index contributed by atoms with van der Waals surface area (Å²) in [4.78, 5) is 0. The average Bonchev–Trinajstić information content (AvgIpc) is 3.26. The van der Waals surface area contributed by atoms with Gasteiger partial charge in [0.05, 0.1) is 0 Å². The molecule has 5 rings (SSSR count). The SMILES string of the molecule is CCN1CCN(Cc2cccc(CN3CCN(CC)[P@]34=NP(Cl)(Cl)=NP(Cl)(Cl)=N4)c2)[P@@]12=NP(Cl)(Cl)=NP(Cl)(Cl)=N2. The molecule has 226 valence electrons. The molecule has 4 aliphatic rings. The molecule has 0 amide bonds. The van der Waals surface area contributed by atoms with Crippen LogP contribution in [0.3, 0.4) is 0 Å². The summed E-state index contributed by atoms with van der Waals surface area (Å²) in [5, 5.41) is 0. The van der Waals surface area contributed by atoms with Gasteiger partial charge in [0.1, 0.15) is 0 Å². The molecule has 0 aromatic heterocycles. The topological polar surface area (TPSA) is 87.1 Å². The summed E-state index contributed by atoms with van der Waals surface area (Å²) < 4.78 is 36.4.